The van der Waals surface area contributed by atoms with Crippen molar-refractivity contribution < 1.29 is 9.21 Å². The Kier molecular flexibility index (Phi) is 7.84. The number of oxazole rings is 1. The summed E-state index contributed by atoms with van der Waals surface area (Å²) >= 11 is 3.21. The van der Waals surface area contributed by atoms with Gasteiger partial charge in [0.25, 0.3) is 0 Å². The number of carbonyl (C=O) groups is 1. The number of hydrogen-bond acceptors (Lipinski definition) is 4. The first kappa shape index (κ1) is 17.7. The first-order chi connectivity index (χ1) is 9.15. The molecule has 6 heteroatoms. The van der Waals surface area contributed by atoms with Crippen molar-refractivity contribution in [1.29, 1.82) is 0 Å². The van der Waals surface area contributed by atoms with E-state index in [4.69, 9.17) is 10.2 Å². The number of rotatable bonds is 9. The van der Waals surface area contributed by atoms with Gasteiger partial charge in [-0.25, -0.2) is 4.98 Å². The van der Waals surface area contributed by atoms with Gasteiger partial charge < -0.3 is 10.2 Å². The van der Waals surface area contributed by atoms with Gasteiger partial charge in [0.1, 0.15) is 5.78 Å². The van der Waals surface area contributed by atoms with Crippen LogP contribution >= 0.6 is 29.4 Å². The second-order valence-electron chi connectivity index (χ2n) is 5.39. The molecule has 0 unspecified atom stereocenters. The fourth-order valence-electron chi connectivity index (χ4n) is 2.17. The van der Waals surface area contributed by atoms with E-state index < -0.39 is 0 Å². The molecule has 114 valence electrons. The lowest BCUT2D eigenvalue weighted by molar-refractivity contribution is -0.119. The Labute approximate surface area is 135 Å². The zero-order chi connectivity index (χ0) is 13.7. The predicted molar refractivity (Wildman–Crippen MR) is 86.9 cm³/mol. The lowest BCUT2D eigenvalue weighted by atomic mass is 10.0. The molecule has 1 aromatic heterocycles. The quantitative estimate of drug-likeness (QED) is 0.676. The number of halogens is 1. The summed E-state index contributed by atoms with van der Waals surface area (Å²) in [6.07, 6.45) is 9.56. The van der Waals surface area contributed by atoms with Crippen LogP contribution in [-0.2, 0) is 4.79 Å². The molecule has 1 heterocycles. The molecule has 0 saturated heterocycles. The van der Waals surface area contributed by atoms with E-state index >= 15 is 0 Å². The van der Waals surface area contributed by atoms with Crippen molar-refractivity contribution in [2.45, 2.75) is 57.4 Å². The van der Waals surface area contributed by atoms with E-state index in [0.29, 0.717) is 22.3 Å². The molecule has 1 aliphatic rings. The van der Waals surface area contributed by atoms with Crippen LogP contribution in [0.1, 0.15) is 63.3 Å². The van der Waals surface area contributed by atoms with Crippen molar-refractivity contribution in [3.05, 3.63) is 16.8 Å². The van der Waals surface area contributed by atoms with Gasteiger partial charge in [-0.15, -0.1) is 0 Å². The van der Waals surface area contributed by atoms with Gasteiger partial charge in [-0.2, -0.15) is 13.5 Å². The van der Waals surface area contributed by atoms with Gasteiger partial charge in [0.05, 0.1) is 12.2 Å². The highest BCUT2D eigenvalue weighted by Crippen LogP contribution is 2.33. The summed E-state index contributed by atoms with van der Waals surface area (Å²) in [5.74, 6) is 1.73. The first-order valence-corrected chi connectivity index (χ1v) is 7.83. The molecule has 1 aromatic rings. The average Bonchev–Trinajstić information content (AvgIpc) is 3.07. The fraction of sp³-hybridized carbons (Fsp3) is 0.714. The third-order valence-electron chi connectivity index (χ3n) is 3.50. The van der Waals surface area contributed by atoms with Crippen LogP contribution in [0.5, 0.6) is 0 Å². The molecule has 1 saturated carbocycles. The molecule has 1 atom stereocenters. The third-order valence-corrected chi connectivity index (χ3v) is 3.86. The van der Waals surface area contributed by atoms with E-state index in [0.717, 1.165) is 38.5 Å². The van der Waals surface area contributed by atoms with Crippen LogP contribution in [0.2, 0.25) is 0 Å². The number of Topliss-reactive ketones (excluding diaryl/α,β-unsaturated/α-hetero) is 1. The molecule has 4 nitrogen and oxygen atoms in total. The molecule has 0 bridgehead atoms. The van der Waals surface area contributed by atoms with E-state index in [2.05, 4.69) is 20.9 Å². The van der Waals surface area contributed by atoms with Crippen LogP contribution in [0.3, 0.4) is 0 Å². The highest BCUT2D eigenvalue weighted by atomic mass is 79.9. The number of unbranched alkanes of at least 4 members (excludes halogenated alkanes) is 2. The van der Waals surface area contributed by atoms with E-state index in [-0.39, 0.29) is 19.5 Å². The van der Waals surface area contributed by atoms with Gasteiger partial charge >= 0.3 is 0 Å². The van der Waals surface area contributed by atoms with Crippen LogP contribution in [0.15, 0.2) is 15.3 Å². The van der Waals surface area contributed by atoms with Crippen LogP contribution in [0, 0.1) is 5.92 Å². The number of nitrogens with two attached hydrogens (primary N) is 1. The Balaban J connectivity index is 0.00000200. The minimum Gasteiger partial charge on any atom is -0.432 e. The molecular formula is C14H23BrN2O2S. The Morgan fingerprint density at radius 1 is 1.45 bits per heavy atom. The van der Waals surface area contributed by atoms with Crippen molar-refractivity contribution in [3.63, 3.8) is 0 Å². The summed E-state index contributed by atoms with van der Waals surface area (Å²) in [4.78, 5) is 15.6. The SMILES string of the molecule is N[C@@H](CCCCCC(=O)CC1CC1)c1ncc(Br)o1.S. The van der Waals surface area contributed by atoms with Gasteiger partial charge in [-0.05, 0) is 47.5 Å². The Morgan fingerprint density at radius 2 is 2.20 bits per heavy atom. The molecule has 0 aliphatic heterocycles. The van der Waals surface area contributed by atoms with Gasteiger partial charge in [0.2, 0.25) is 5.89 Å². The zero-order valence-corrected chi connectivity index (χ0v) is 14.2. The number of hydrogen-bond donors (Lipinski definition) is 1. The van der Waals surface area contributed by atoms with Gasteiger partial charge in [-0.1, -0.05) is 12.8 Å². The second-order valence-corrected chi connectivity index (χ2v) is 6.18. The molecule has 0 radical (unpaired) electrons. The van der Waals surface area contributed by atoms with Gasteiger partial charge in [-0.3, -0.25) is 4.79 Å². The monoisotopic (exact) mass is 362 g/mol. The lowest BCUT2D eigenvalue weighted by Crippen LogP contribution is -2.10. The van der Waals surface area contributed by atoms with Crippen molar-refractivity contribution in [1.82, 2.24) is 4.98 Å². The largest absolute Gasteiger partial charge is 0.432 e. The average molecular weight is 363 g/mol. The van der Waals surface area contributed by atoms with E-state index in [1.54, 1.807) is 6.20 Å². The van der Waals surface area contributed by atoms with Gasteiger partial charge in [0, 0.05) is 12.8 Å². The fourth-order valence-corrected chi connectivity index (χ4v) is 2.44. The summed E-state index contributed by atoms with van der Waals surface area (Å²) in [7, 11) is 0. The van der Waals surface area contributed by atoms with Crippen LogP contribution < -0.4 is 5.73 Å². The summed E-state index contributed by atoms with van der Waals surface area (Å²) in [5, 5.41) is 0. The lowest BCUT2D eigenvalue weighted by Gasteiger charge is -2.06. The van der Waals surface area contributed by atoms with E-state index in [1.807, 2.05) is 0 Å². The van der Waals surface area contributed by atoms with Crippen LogP contribution in [-0.4, -0.2) is 10.8 Å². The van der Waals surface area contributed by atoms with E-state index in [1.165, 1.54) is 12.8 Å². The molecule has 0 spiro atoms. The summed E-state index contributed by atoms with van der Waals surface area (Å²) in [6, 6.07) is -0.145. The molecule has 1 fully saturated rings. The Hall–Kier alpha value is -0.330. The topological polar surface area (TPSA) is 69.1 Å². The van der Waals surface area contributed by atoms with Crippen molar-refractivity contribution in [3.8, 4) is 0 Å². The minimum absolute atomic E-state index is 0. The van der Waals surface area contributed by atoms with Crippen LogP contribution in [0.25, 0.3) is 0 Å². The Morgan fingerprint density at radius 3 is 2.80 bits per heavy atom. The maximum Gasteiger partial charge on any atom is 0.212 e. The number of nitrogens with zero attached hydrogens (tertiary/aromatic N) is 1. The second kappa shape index (κ2) is 8.85. The maximum atomic E-state index is 11.6. The zero-order valence-electron chi connectivity index (χ0n) is 11.6. The number of aromatic nitrogens is 1. The van der Waals surface area contributed by atoms with Crippen molar-refractivity contribution in [2.24, 2.45) is 11.7 Å². The molecule has 2 N–H and O–H groups in total. The minimum atomic E-state index is -0.145. The highest BCUT2D eigenvalue weighted by molar-refractivity contribution is 9.10. The molecule has 1 aliphatic carbocycles. The third kappa shape index (κ3) is 6.41. The molecule has 20 heavy (non-hydrogen) atoms. The van der Waals surface area contributed by atoms with Crippen LogP contribution in [0.4, 0.5) is 0 Å². The highest BCUT2D eigenvalue weighted by Gasteiger charge is 2.23. The molecule has 0 amide bonds. The summed E-state index contributed by atoms with van der Waals surface area (Å²) in [5.41, 5.74) is 5.98. The maximum absolute atomic E-state index is 11.6. The predicted octanol–water partition coefficient (Wildman–Crippen LogP) is 3.87. The summed E-state index contributed by atoms with van der Waals surface area (Å²) < 4.78 is 5.93. The van der Waals surface area contributed by atoms with Crippen molar-refractivity contribution in [2.75, 3.05) is 0 Å². The molecule has 0 aromatic carbocycles. The molecule has 2 rings (SSSR count). The Bertz CT molecular complexity index is 421. The number of ketones is 1. The summed E-state index contributed by atoms with van der Waals surface area (Å²) in [6.45, 7) is 0. The number of carbonyl (C=O) groups excluding carboxylic acids is 1. The first-order valence-electron chi connectivity index (χ1n) is 7.03. The standard InChI is InChI=1S/C14H21BrN2O2.H2S/c15-13-9-17-14(19-13)12(16)5-3-1-2-4-11(18)8-10-6-7-10;/h9-10,12H,1-8,16H2;1H2/t12-;/m0./s1. The van der Waals surface area contributed by atoms with Crippen molar-refractivity contribution >= 4 is 35.2 Å². The normalized spacial score (nSPS) is 15.7. The van der Waals surface area contributed by atoms with E-state index in [9.17, 15) is 4.79 Å². The van der Waals surface area contributed by atoms with Gasteiger partial charge in [0.15, 0.2) is 4.67 Å². The smallest absolute Gasteiger partial charge is 0.212 e. The molecular weight excluding hydrogens is 340 g/mol.